The van der Waals surface area contributed by atoms with Gasteiger partial charge in [0, 0.05) is 30.6 Å². The standard InChI is InChI=1S/C25H30FN3O4S/c1-17(26)34(31,32)27-23-21-15-18-6-5-7-19(14-18)20-8-3-4-9-22(20)33-13-12-28(2)24(30)29(21)16-25(23)10-11-25/h3-9,14,17,21,23,27H,10-13,15-16H2,1-2H3. The Labute approximate surface area is 199 Å². The summed E-state index contributed by atoms with van der Waals surface area (Å²) < 4.78 is 47.7. The molecule has 3 atom stereocenters. The van der Waals surface area contributed by atoms with Crippen molar-refractivity contribution in [3.63, 3.8) is 0 Å². The monoisotopic (exact) mass is 487 g/mol. The number of likely N-dealkylation sites (N-methyl/N-ethyl adjacent to an activating group) is 1. The van der Waals surface area contributed by atoms with Gasteiger partial charge in [0.25, 0.3) is 0 Å². The van der Waals surface area contributed by atoms with Gasteiger partial charge in [0.1, 0.15) is 12.4 Å². The smallest absolute Gasteiger partial charge is 0.320 e. The van der Waals surface area contributed by atoms with E-state index in [1.807, 2.05) is 42.5 Å². The fraction of sp³-hybridized carbons (Fsp3) is 0.480. The van der Waals surface area contributed by atoms with E-state index in [1.54, 1.807) is 16.8 Å². The van der Waals surface area contributed by atoms with Crippen LogP contribution >= 0.6 is 0 Å². The topological polar surface area (TPSA) is 79.0 Å². The highest BCUT2D eigenvalue weighted by atomic mass is 32.2. The van der Waals surface area contributed by atoms with E-state index in [4.69, 9.17) is 4.74 Å². The summed E-state index contributed by atoms with van der Waals surface area (Å²) in [5.74, 6) is 0.750. The Morgan fingerprint density at radius 3 is 2.68 bits per heavy atom. The molecule has 1 aliphatic carbocycles. The predicted molar refractivity (Wildman–Crippen MR) is 128 cm³/mol. The van der Waals surface area contributed by atoms with Crippen molar-refractivity contribution in [2.45, 2.75) is 43.8 Å². The molecule has 2 fully saturated rings. The molecule has 9 heteroatoms. The highest BCUT2D eigenvalue weighted by molar-refractivity contribution is 7.89. The van der Waals surface area contributed by atoms with Gasteiger partial charge in [-0.2, -0.15) is 0 Å². The highest BCUT2D eigenvalue weighted by Crippen LogP contribution is 2.55. The third kappa shape index (κ3) is 4.15. The average Bonchev–Trinajstić information content (AvgIpc) is 3.54. The first-order valence-corrected chi connectivity index (χ1v) is 13.2. The van der Waals surface area contributed by atoms with Gasteiger partial charge in [0.15, 0.2) is 0 Å². The third-order valence-corrected chi connectivity index (χ3v) is 8.81. The van der Waals surface area contributed by atoms with Crippen LogP contribution in [0.1, 0.15) is 25.3 Å². The van der Waals surface area contributed by atoms with Gasteiger partial charge < -0.3 is 14.5 Å². The van der Waals surface area contributed by atoms with E-state index >= 15 is 0 Å². The zero-order valence-corrected chi connectivity index (χ0v) is 20.2. The van der Waals surface area contributed by atoms with E-state index in [0.717, 1.165) is 42.2 Å². The Balaban J connectivity index is 1.57. The number of sulfonamides is 1. The van der Waals surface area contributed by atoms with Crippen molar-refractivity contribution in [1.29, 1.82) is 0 Å². The summed E-state index contributed by atoms with van der Waals surface area (Å²) in [5.41, 5.74) is 0.561. The second-order valence-corrected chi connectivity index (χ2v) is 11.7. The van der Waals surface area contributed by atoms with Crippen LogP contribution in [0.2, 0.25) is 0 Å². The van der Waals surface area contributed by atoms with E-state index in [-0.39, 0.29) is 11.4 Å². The van der Waals surface area contributed by atoms with Crippen LogP contribution < -0.4 is 9.46 Å². The molecule has 2 aliphatic heterocycles. The average molecular weight is 488 g/mol. The summed E-state index contributed by atoms with van der Waals surface area (Å²) in [6, 6.07) is 14.7. The molecule has 182 valence electrons. The van der Waals surface area contributed by atoms with Crippen molar-refractivity contribution in [2.75, 3.05) is 26.7 Å². The van der Waals surface area contributed by atoms with Crippen molar-refractivity contribution >= 4 is 16.1 Å². The Hall–Kier alpha value is -2.65. The summed E-state index contributed by atoms with van der Waals surface area (Å²) in [5, 5.41) is 0. The molecular formula is C25H30FN3O4S. The number of urea groups is 1. The number of carbonyl (C=O) groups excluding carboxylic acids is 1. The van der Waals surface area contributed by atoms with Crippen molar-refractivity contribution in [3.05, 3.63) is 54.1 Å². The number of hydrogen-bond acceptors (Lipinski definition) is 4. The Morgan fingerprint density at radius 1 is 1.18 bits per heavy atom. The Kier molecular flexibility index (Phi) is 5.80. The third-order valence-electron chi connectivity index (χ3n) is 7.37. The van der Waals surface area contributed by atoms with Gasteiger partial charge in [-0.05, 0) is 43.4 Å². The number of carbonyl (C=O) groups is 1. The molecule has 2 aromatic rings. The van der Waals surface area contributed by atoms with Crippen LogP contribution in [0.4, 0.5) is 9.18 Å². The maximum Gasteiger partial charge on any atom is 0.320 e. The molecule has 2 heterocycles. The highest BCUT2D eigenvalue weighted by Gasteiger charge is 2.61. The first-order valence-electron chi connectivity index (χ1n) is 11.7. The lowest BCUT2D eigenvalue weighted by atomic mass is 9.91. The molecular weight excluding hydrogens is 457 g/mol. The fourth-order valence-electron chi connectivity index (χ4n) is 5.23. The quantitative estimate of drug-likeness (QED) is 0.720. The molecule has 3 unspecified atom stereocenters. The largest absolute Gasteiger partial charge is 0.491 e. The lowest BCUT2D eigenvalue weighted by Crippen LogP contribution is -2.52. The number of benzene rings is 2. The lowest BCUT2D eigenvalue weighted by Gasteiger charge is -2.32. The number of ether oxygens (including phenoxy) is 1. The van der Waals surface area contributed by atoms with Crippen LogP contribution in [0.3, 0.4) is 0 Å². The van der Waals surface area contributed by atoms with E-state index in [2.05, 4.69) is 10.8 Å². The molecule has 2 aromatic carbocycles. The molecule has 5 rings (SSSR count). The molecule has 2 bridgehead atoms. The summed E-state index contributed by atoms with van der Waals surface area (Å²) >= 11 is 0. The Bertz CT molecular complexity index is 1200. The number of alkyl halides is 1. The minimum atomic E-state index is -4.15. The summed E-state index contributed by atoms with van der Waals surface area (Å²) in [6.07, 6.45) is 2.08. The van der Waals surface area contributed by atoms with Gasteiger partial charge in [0.2, 0.25) is 15.5 Å². The van der Waals surface area contributed by atoms with Crippen molar-refractivity contribution in [2.24, 2.45) is 5.41 Å². The first-order chi connectivity index (χ1) is 16.2. The predicted octanol–water partition coefficient (Wildman–Crippen LogP) is 3.41. The number of nitrogens with zero attached hydrogens (tertiary/aromatic N) is 2. The number of amides is 2. The van der Waals surface area contributed by atoms with E-state index in [9.17, 15) is 17.6 Å². The molecule has 34 heavy (non-hydrogen) atoms. The molecule has 1 saturated heterocycles. The summed E-state index contributed by atoms with van der Waals surface area (Å²) in [4.78, 5) is 16.9. The molecule has 1 saturated carbocycles. The van der Waals surface area contributed by atoms with Gasteiger partial charge in [0.05, 0.1) is 12.6 Å². The van der Waals surface area contributed by atoms with Gasteiger partial charge in [-0.3, -0.25) is 0 Å². The number of fused-ring (bicyclic) bond motifs is 5. The maximum atomic E-state index is 13.9. The van der Waals surface area contributed by atoms with E-state index in [0.29, 0.717) is 26.1 Å². The van der Waals surface area contributed by atoms with Crippen LogP contribution in [-0.4, -0.2) is 68.6 Å². The van der Waals surface area contributed by atoms with Gasteiger partial charge in [-0.25, -0.2) is 22.3 Å². The number of rotatable bonds is 3. The second-order valence-electron chi connectivity index (χ2n) is 9.69. The zero-order chi connectivity index (χ0) is 24.1. The van der Waals surface area contributed by atoms with Crippen LogP contribution in [-0.2, 0) is 16.4 Å². The minimum absolute atomic E-state index is 0.168. The van der Waals surface area contributed by atoms with Crippen LogP contribution in [0.25, 0.3) is 11.1 Å². The molecule has 7 nitrogen and oxygen atoms in total. The number of para-hydroxylation sites is 1. The number of nitrogens with one attached hydrogen (secondary N) is 1. The lowest BCUT2D eigenvalue weighted by molar-refractivity contribution is 0.146. The summed E-state index contributed by atoms with van der Waals surface area (Å²) in [7, 11) is -2.42. The molecule has 2 amide bonds. The summed E-state index contributed by atoms with van der Waals surface area (Å²) in [6.45, 7) is 2.20. The molecule has 3 aliphatic rings. The fourth-order valence-corrected chi connectivity index (χ4v) is 6.18. The van der Waals surface area contributed by atoms with Crippen LogP contribution in [0, 0.1) is 5.41 Å². The first kappa shape index (κ1) is 23.1. The molecule has 1 N–H and O–H groups in total. The molecule has 1 spiro atoms. The zero-order valence-electron chi connectivity index (χ0n) is 19.4. The number of hydrogen-bond donors (Lipinski definition) is 1. The normalized spacial score (nSPS) is 24.9. The molecule has 0 aromatic heterocycles. The van der Waals surface area contributed by atoms with Crippen LogP contribution in [0.15, 0.2) is 48.5 Å². The van der Waals surface area contributed by atoms with E-state index < -0.39 is 27.6 Å². The van der Waals surface area contributed by atoms with Crippen molar-refractivity contribution in [3.8, 4) is 16.9 Å². The van der Waals surface area contributed by atoms with E-state index in [1.165, 1.54) is 0 Å². The second kappa shape index (κ2) is 8.53. The molecule has 0 radical (unpaired) electrons. The van der Waals surface area contributed by atoms with Crippen molar-refractivity contribution < 1.29 is 22.3 Å². The van der Waals surface area contributed by atoms with Gasteiger partial charge in [-0.15, -0.1) is 0 Å². The maximum absolute atomic E-state index is 13.9. The minimum Gasteiger partial charge on any atom is -0.491 e. The number of halogens is 1. The SMILES string of the molecule is CC(F)S(=O)(=O)NC1C2Cc3cccc(c3)-c3ccccc3OCCN(C)C(=O)N2CC12CC2. The van der Waals surface area contributed by atoms with Gasteiger partial charge >= 0.3 is 6.03 Å². The van der Waals surface area contributed by atoms with Gasteiger partial charge in [-0.1, -0.05) is 42.5 Å². The Morgan fingerprint density at radius 2 is 1.94 bits per heavy atom. The van der Waals surface area contributed by atoms with Crippen LogP contribution in [0.5, 0.6) is 5.75 Å². The van der Waals surface area contributed by atoms with Crippen molar-refractivity contribution in [1.82, 2.24) is 14.5 Å².